The molecule has 22 heavy (non-hydrogen) atoms. The molecular formula is C19H34FNO. The number of nitrogens with zero attached hydrogens (tertiary/aromatic N) is 1. The fraction of sp³-hybridized carbons (Fsp3) is 0.789. The summed E-state index contributed by atoms with van der Waals surface area (Å²) < 4.78 is 21.8. The number of methoxy groups -OCH3 is 1. The third-order valence-corrected chi connectivity index (χ3v) is 4.79. The van der Waals surface area contributed by atoms with Crippen LogP contribution in [0, 0.1) is 5.82 Å². The maximum atomic E-state index is 14.5. The van der Waals surface area contributed by atoms with Crippen molar-refractivity contribution in [2.24, 2.45) is 7.05 Å². The average Bonchev–Trinajstić information content (AvgIpc) is 2.78. The molecule has 0 radical (unpaired) electrons. The van der Waals surface area contributed by atoms with Crippen molar-refractivity contribution >= 4 is 0 Å². The van der Waals surface area contributed by atoms with Crippen LogP contribution in [0.4, 0.5) is 4.39 Å². The standard InChI is InChI=1S/C19H34FNO/c1-6-8-10-12-14-19(3,13-11-9-7-2)17-16(20)15-21(4)18(17)22-5/h15H,6-14H2,1-5H3. The first-order chi connectivity index (χ1) is 10.5. The van der Waals surface area contributed by atoms with Gasteiger partial charge in [0.05, 0.1) is 12.7 Å². The highest BCUT2D eigenvalue weighted by atomic mass is 19.1. The smallest absolute Gasteiger partial charge is 0.199 e. The third kappa shape index (κ3) is 4.76. The number of aryl methyl sites for hydroxylation is 1. The van der Waals surface area contributed by atoms with Crippen molar-refractivity contribution in [2.75, 3.05) is 7.11 Å². The van der Waals surface area contributed by atoms with Gasteiger partial charge in [0.15, 0.2) is 5.88 Å². The van der Waals surface area contributed by atoms with E-state index in [4.69, 9.17) is 4.74 Å². The van der Waals surface area contributed by atoms with Gasteiger partial charge in [-0.3, -0.25) is 0 Å². The summed E-state index contributed by atoms with van der Waals surface area (Å²) in [6.45, 7) is 6.65. The Morgan fingerprint density at radius 1 is 1.05 bits per heavy atom. The summed E-state index contributed by atoms with van der Waals surface area (Å²) in [6, 6.07) is 0. The van der Waals surface area contributed by atoms with E-state index in [0.29, 0.717) is 5.88 Å². The lowest BCUT2D eigenvalue weighted by atomic mass is 9.74. The second-order valence-corrected chi connectivity index (χ2v) is 6.80. The molecule has 0 saturated heterocycles. The Hall–Kier alpha value is -0.990. The zero-order chi connectivity index (χ0) is 16.6. The van der Waals surface area contributed by atoms with E-state index in [2.05, 4.69) is 20.8 Å². The highest BCUT2D eigenvalue weighted by Crippen LogP contribution is 2.42. The number of halogens is 1. The molecule has 3 heteroatoms. The first kappa shape index (κ1) is 19.1. The monoisotopic (exact) mass is 311 g/mol. The van der Waals surface area contributed by atoms with Gasteiger partial charge in [-0.1, -0.05) is 65.7 Å². The Bertz CT molecular complexity index is 441. The van der Waals surface area contributed by atoms with Crippen LogP contribution in [0.3, 0.4) is 0 Å². The lowest BCUT2D eigenvalue weighted by Crippen LogP contribution is -2.24. The second-order valence-electron chi connectivity index (χ2n) is 6.80. The molecule has 0 spiro atoms. The van der Waals surface area contributed by atoms with Gasteiger partial charge in [0.25, 0.3) is 0 Å². The van der Waals surface area contributed by atoms with Crippen molar-refractivity contribution in [3.63, 3.8) is 0 Å². The van der Waals surface area contributed by atoms with Crippen LogP contribution < -0.4 is 4.74 Å². The Balaban J connectivity index is 2.97. The molecular weight excluding hydrogens is 277 g/mol. The number of unbranched alkanes of at least 4 members (excludes halogenated alkanes) is 5. The summed E-state index contributed by atoms with van der Waals surface area (Å²) in [4.78, 5) is 0. The summed E-state index contributed by atoms with van der Waals surface area (Å²) in [5.74, 6) is 0.570. The quantitative estimate of drug-likeness (QED) is 0.458. The van der Waals surface area contributed by atoms with Crippen LogP contribution in [-0.2, 0) is 12.5 Å². The van der Waals surface area contributed by atoms with Gasteiger partial charge in [-0.05, 0) is 12.8 Å². The molecule has 0 bridgehead atoms. The van der Waals surface area contributed by atoms with E-state index in [1.165, 1.54) is 32.1 Å². The van der Waals surface area contributed by atoms with Gasteiger partial charge in [-0.25, -0.2) is 4.39 Å². The molecule has 0 aromatic carbocycles. The molecule has 1 unspecified atom stereocenters. The largest absolute Gasteiger partial charge is 0.482 e. The molecule has 1 heterocycles. The molecule has 0 aliphatic rings. The van der Waals surface area contributed by atoms with Crippen LogP contribution in [0.5, 0.6) is 5.88 Å². The fourth-order valence-corrected chi connectivity index (χ4v) is 3.45. The minimum atomic E-state index is -0.125. The highest BCUT2D eigenvalue weighted by molar-refractivity contribution is 5.37. The number of rotatable bonds is 11. The average molecular weight is 311 g/mol. The van der Waals surface area contributed by atoms with E-state index < -0.39 is 0 Å². The van der Waals surface area contributed by atoms with Crippen LogP contribution in [0.25, 0.3) is 0 Å². The minimum Gasteiger partial charge on any atom is -0.482 e. The minimum absolute atomic E-state index is 0.117. The van der Waals surface area contributed by atoms with Crippen molar-refractivity contribution in [3.05, 3.63) is 17.6 Å². The summed E-state index contributed by atoms with van der Waals surface area (Å²) in [7, 11) is 3.50. The Morgan fingerprint density at radius 3 is 2.14 bits per heavy atom. The van der Waals surface area contributed by atoms with Crippen molar-refractivity contribution in [3.8, 4) is 5.88 Å². The molecule has 0 aliphatic heterocycles. The molecule has 0 amide bonds. The first-order valence-corrected chi connectivity index (χ1v) is 8.89. The molecule has 1 aromatic rings. The van der Waals surface area contributed by atoms with Gasteiger partial charge in [0, 0.05) is 18.7 Å². The van der Waals surface area contributed by atoms with E-state index in [0.717, 1.165) is 31.2 Å². The third-order valence-electron chi connectivity index (χ3n) is 4.79. The summed E-state index contributed by atoms with van der Waals surface area (Å²) in [5.41, 5.74) is 0.657. The maximum absolute atomic E-state index is 14.5. The van der Waals surface area contributed by atoms with Gasteiger partial charge in [0.1, 0.15) is 5.82 Å². The lowest BCUT2D eigenvalue weighted by Gasteiger charge is -2.30. The van der Waals surface area contributed by atoms with Gasteiger partial charge < -0.3 is 9.30 Å². The van der Waals surface area contributed by atoms with Gasteiger partial charge in [-0.2, -0.15) is 0 Å². The number of hydrogen-bond donors (Lipinski definition) is 0. The molecule has 0 saturated carbocycles. The predicted octanol–water partition coefficient (Wildman–Crippen LogP) is 5.98. The Kier molecular flexibility index (Phi) is 7.98. The summed E-state index contributed by atoms with van der Waals surface area (Å²) in [6.07, 6.45) is 12.1. The second kappa shape index (κ2) is 9.22. The van der Waals surface area contributed by atoms with Crippen molar-refractivity contribution in [2.45, 2.75) is 84.0 Å². The van der Waals surface area contributed by atoms with Crippen molar-refractivity contribution in [1.82, 2.24) is 4.57 Å². The topological polar surface area (TPSA) is 14.2 Å². The van der Waals surface area contributed by atoms with Crippen LogP contribution in [0.1, 0.15) is 84.1 Å². The molecule has 0 fully saturated rings. The maximum Gasteiger partial charge on any atom is 0.199 e. The number of ether oxygens (including phenoxy) is 1. The molecule has 0 N–H and O–H groups in total. The molecule has 1 rings (SSSR count). The van der Waals surface area contributed by atoms with Crippen molar-refractivity contribution < 1.29 is 9.13 Å². The molecule has 1 atom stereocenters. The van der Waals surface area contributed by atoms with Gasteiger partial charge in [-0.15, -0.1) is 0 Å². The van der Waals surface area contributed by atoms with Gasteiger partial charge in [0.2, 0.25) is 0 Å². The van der Waals surface area contributed by atoms with Crippen LogP contribution >= 0.6 is 0 Å². The van der Waals surface area contributed by atoms with E-state index >= 15 is 0 Å². The lowest BCUT2D eigenvalue weighted by molar-refractivity contribution is 0.320. The normalized spacial score (nSPS) is 14.1. The molecule has 128 valence electrons. The van der Waals surface area contributed by atoms with Crippen LogP contribution in [-0.4, -0.2) is 11.7 Å². The zero-order valence-electron chi connectivity index (χ0n) is 15.2. The van der Waals surface area contributed by atoms with E-state index in [-0.39, 0.29) is 11.2 Å². The fourth-order valence-electron chi connectivity index (χ4n) is 3.45. The van der Waals surface area contributed by atoms with Crippen molar-refractivity contribution in [1.29, 1.82) is 0 Å². The molecule has 0 aliphatic carbocycles. The van der Waals surface area contributed by atoms with E-state index in [9.17, 15) is 4.39 Å². The molecule has 1 aromatic heterocycles. The summed E-state index contributed by atoms with van der Waals surface area (Å²) in [5, 5.41) is 0. The zero-order valence-corrected chi connectivity index (χ0v) is 15.2. The Labute approximate surface area is 136 Å². The SMILES string of the molecule is CCCCCCC(C)(CCCCC)c1c(F)cn(C)c1OC. The number of hydrogen-bond acceptors (Lipinski definition) is 1. The van der Waals surface area contributed by atoms with E-state index in [1.54, 1.807) is 17.9 Å². The summed E-state index contributed by atoms with van der Waals surface area (Å²) >= 11 is 0. The van der Waals surface area contributed by atoms with Gasteiger partial charge >= 0.3 is 0 Å². The van der Waals surface area contributed by atoms with Crippen LogP contribution in [0.2, 0.25) is 0 Å². The predicted molar refractivity (Wildman–Crippen MR) is 92.2 cm³/mol. The highest BCUT2D eigenvalue weighted by Gasteiger charge is 2.34. The Morgan fingerprint density at radius 2 is 1.59 bits per heavy atom. The van der Waals surface area contributed by atoms with E-state index in [1.807, 2.05) is 7.05 Å². The van der Waals surface area contributed by atoms with Crippen LogP contribution in [0.15, 0.2) is 6.20 Å². The first-order valence-electron chi connectivity index (χ1n) is 8.89. The number of aromatic nitrogens is 1. The molecule has 2 nitrogen and oxygen atoms in total.